The average molecular weight is 772 g/mol. The number of carbonyl (C=O) groups excluding carboxylic acids is 2. The second-order valence-electron chi connectivity index (χ2n) is 15.7. The minimum absolute atomic E-state index is 0.0319. The molecule has 0 aromatic rings. The molecule has 0 radical (unpaired) electrons. The van der Waals surface area contributed by atoms with E-state index in [1.165, 1.54) is 89.9 Å². The molecular formula is C43H82NO8P. The van der Waals surface area contributed by atoms with Crippen molar-refractivity contribution in [3.05, 3.63) is 24.3 Å². The number of carbonyl (C=O) groups is 2. The van der Waals surface area contributed by atoms with Crippen molar-refractivity contribution >= 4 is 19.8 Å². The lowest BCUT2D eigenvalue weighted by Crippen LogP contribution is -2.37. The fourth-order valence-electron chi connectivity index (χ4n) is 5.76. The Morgan fingerprint density at radius 2 is 0.962 bits per heavy atom. The molecule has 0 saturated carbocycles. The number of nitrogens with zero attached hydrogens (tertiary/aromatic N) is 1. The molecular weight excluding hydrogens is 689 g/mol. The largest absolute Gasteiger partial charge is 0.756 e. The fourth-order valence-corrected chi connectivity index (χ4v) is 6.49. The summed E-state index contributed by atoms with van der Waals surface area (Å²) in [4.78, 5) is 37.4. The number of ether oxygens (including phenoxy) is 2. The molecule has 312 valence electrons. The van der Waals surface area contributed by atoms with Crippen LogP contribution in [0.4, 0.5) is 0 Å². The smallest absolute Gasteiger partial charge is 0.306 e. The van der Waals surface area contributed by atoms with Crippen LogP contribution in [0.5, 0.6) is 0 Å². The lowest BCUT2D eigenvalue weighted by atomic mass is 10.1. The van der Waals surface area contributed by atoms with Crippen LogP contribution in [-0.2, 0) is 32.7 Å². The number of rotatable bonds is 39. The maximum absolute atomic E-state index is 12.7. The molecule has 0 rings (SSSR count). The summed E-state index contributed by atoms with van der Waals surface area (Å²) in [5.41, 5.74) is 0. The molecule has 0 amide bonds. The van der Waals surface area contributed by atoms with Crippen LogP contribution in [0.3, 0.4) is 0 Å². The molecule has 9 nitrogen and oxygen atoms in total. The molecule has 0 heterocycles. The van der Waals surface area contributed by atoms with Gasteiger partial charge in [0.25, 0.3) is 7.82 Å². The number of esters is 2. The van der Waals surface area contributed by atoms with Crippen molar-refractivity contribution < 1.29 is 42.1 Å². The first-order valence-electron chi connectivity index (χ1n) is 21.5. The van der Waals surface area contributed by atoms with Gasteiger partial charge in [0.15, 0.2) is 6.10 Å². The van der Waals surface area contributed by atoms with Crippen molar-refractivity contribution in [3.63, 3.8) is 0 Å². The van der Waals surface area contributed by atoms with E-state index in [4.69, 9.17) is 18.5 Å². The third-order valence-corrected chi connectivity index (χ3v) is 10.2. The first-order valence-corrected chi connectivity index (χ1v) is 23.0. The zero-order chi connectivity index (χ0) is 39.3. The molecule has 1 unspecified atom stereocenters. The number of quaternary nitrogens is 1. The van der Waals surface area contributed by atoms with E-state index in [9.17, 15) is 19.0 Å². The van der Waals surface area contributed by atoms with Crippen LogP contribution in [0.1, 0.15) is 187 Å². The quantitative estimate of drug-likeness (QED) is 0.0200. The zero-order valence-corrected chi connectivity index (χ0v) is 35.9. The van der Waals surface area contributed by atoms with Gasteiger partial charge in [-0.3, -0.25) is 14.2 Å². The first kappa shape index (κ1) is 51.5. The number of hydrogen-bond acceptors (Lipinski definition) is 8. The van der Waals surface area contributed by atoms with Crippen LogP contribution in [0.15, 0.2) is 24.3 Å². The van der Waals surface area contributed by atoms with Gasteiger partial charge in [0.05, 0.1) is 27.7 Å². The summed E-state index contributed by atoms with van der Waals surface area (Å²) in [7, 11) is 1.16. The van der Waals surface area contributed by atoms with Gasteiger partial charge in [0.2, 0.25) is 0 Å². The lowest BCUT2D eigenvalue weighted by Gasteiger charge is -2.28. The van der Waals surface area contributed by atoms with E-state index >= 15 is 0 Å². The number of likely N-dealkylation sites (N-methyl/N-ethyl adjacent to an activating group) is 1. The monoisotopic (exact) mass is 772 g/mol. The van der Waals surface area contributed by atoms with Crippen LogP contribution >= 0.6 is 7.82 Å². The van der Waals surface area contributed by atoms with Crippen LogP contribution < -0.4 is 4.89 Å². The fraction of sp³-hybridized carbons (Fsp3) is 0.860. The maximum atomic E-state index is 12.7. The van der Waals surface area contributed by atoms with Crippen LogP contribution in [-0.4, -0.2) is 70.0 Å². The minimum atomic E-state index is -4.62. The van der Waals surface area contributed by atoms with Crippen molar-refractivity contribution in [2.75, 3.05) is 47.5 Å². The van der Waals surface area contributed by atoms with E-state index in [1.54, 1.807) is 0 Å². The van der Waals surface area contributed by atoms with E-state index in [0.29, 0.717) is 17.4 Å². The van der Waals surface area contributed by atoms with Gasteiger partial charge in [0, 0.05) is 12.8 Å². The summed E-state index contributed by atoms with van der Waals surface area (Å²) in [6.45, 7) is 4.18. The van der Waals surface area contributed by atoms with E-state index in [1.807, 2.05) is 21.1 Å². The molecule has 0 aliphatic carbocycles. The Labute approximate surface area is 326 Å². The Morgan fingerprint density at radius 3 is 1.43 bits per heavy atom. The summed E-state index contributed by atoms with van der Waals surface area (Å²) >= 11 is 0. The Morgan fingerprint density at radius 1 is 0.566 bits per heavy atom. The molecule has 0 aromatic heterocycles. The molecule has 0 spiro atoms. The SMILES string of the molecule is CCCCC/C=C/CCCCCCCC(=O)OC[C@H](COP(=O)([O-])OCC[N+](C)(C)C)OC(=O)CCCCCCCCC/C=C/CCCCCCCC. The summed E-state index contributed by atoms with van der Waals surface area (Å²) in [6.07, 6.45) is 37.7. The van der Waals surface area contributed by atoms with Crippen molar-refractivity contribution in [3.8, 4) is 0 Å². The molecule has 2 atom stereocenters. The summed E-state index contributed by atoms with van der Waals surface area (Å²) in [6, 6.07) is 0. The molecule has 10 heteroatoms. The molecule has 0 N–H and O–H groups in total. The highest BCUT2D eigenvalue weighted by Gasteiger charge is 2.21. The Bertz CT molecular complexity index is 964. The number of unbranched alkanes of at least 4 members (excludes halogenated alkanes) is 21. The standard InChI is InChI=1S/C43H82NO8P/c1-6-8-10-12-14-16-18-20-21-22-23-24-26-28-30-32-34-36-43(46)52-41(40-51-53(47,48)50-38-37-44(3,4)5)39-49-42(45)35-33-31-29-27-25-19-17-15-13-11-9-7-2/h15,17,20-21,41H,6-14,16,18-19,22-40H2,1-5H3/b17-15+,21-20+/t41-/m1/s1. The number of hydrogen-bond donors (Lipinski definition) is 0. The van der Waals surface area contributed by atoms with Crippen molar-refractivity contribution in [1.82, 2.24) is 0 Å². The first-order chi connectivity index (χ1) is 25.5. The Hall–Kier alpha value is -1.51. The van der Waals surface area contributed by atoms with Crippen molar-refractivity contribution in [1.29, 1.82) is 0 Å². The third kappa shape index (κ3) is 40.0. The predicted octanol–water partition coefficient (Wildman–Crippen LogP) is 11.3. The van der Waals surface area contributed by atoms with Gasteiger partial charge in [-0.15, -0.1) is 0 Å². The maximum Gasteiger partial charge on any atom is 0.306 e. The Balaban J connectivity index is 4.37. The molecule has 0 bridgehead atoms. The summed E-state index contributed by atoms with van der Waals surface area (Å²) in [5.74, 6) is -0.848. The van der Waals surface area contributed by atoms with Crippen molar-refractivity contribution in [2.24, 2.45) is 0 Å². The lowest BCUT2D eigenvalue weighted by molar-refractivity contribution is -0.870. The highest BCUT2D eigenvalue weighted by Crippen LogP contribution is 2.38. The summed E-state index contributed by atoms with van der Waals surface area (Å²) in [5, 5.41) is 0. The van der Waals surface area contributed by atoms with Gasteiger partial charge in [0.1, 0.15) is 19.8 Å². The van der Waals surface area contributed by atoms with E-state index in [-0.39, 0.29) is 26.1 Å². The van der Waals surface area contributed by atoms with Gasteiger partial charge >= 0.3 is 11.9 Å². The second kappa shape index (κ2) is 36.1. The molecule has 0 fully saturated rings. The van der Waals surface area contributed by atoms with E-state index in [2.05, 4.69) is 38.2 Å². The van der Waals surface area contributed by atoms with Gasteiger partial charge < -0.3 is 27.9 Å². The predicted molar refractivity (Wildman–Crippen MR) is 218 cm³/mol. The highest BCUT2D eigenvalue weighted by molar-refractivity contribution is 7.45. The van der Waals surface area contributed by atoms with Gasteiger partial charge in [-0.2, -0.15) is 0 Å². The average Bonchev–Trinajstić information content (AvgIpc) is 3.10. The Kier molecular flexibility index (Phi) is 35.1. The molecule has 0 aromatic carbocycles. The van der Waals surface area contributed by atoms with Gasteiger partial charge in [-0.25, -0.2) is 0 Å². The number of phosphoric ester groups is 1. The minimum Gasteiger partial charge on any atom is -0.756 e. The topological polar surface area (TPSA) is 111 Å². The third-order valence-electron chi connectivity index (χ3n) is 9.19. The van der Waals surface area contributed by atoms with Gasteiger partial charge in [-0.05, 0) is 64.2 Å². The molecule has 53 heavy (non-hydrogen) atoms. The highest BCUT2D eigenvalue weighted by atomic mass is 31.2. The molecule has 0 aliphatic heterocycles. The van der Waals surface area contributed by atoms with Crippen LogP contribution in [0, 0.1) is 0 Å². The zero-order valence-electron chi connectivity index (χ0n) is 35.0. The second-order valence-corrected chi connectivity index (χ2v) is 17.1. The summed E-state index contributed by atoms with van der Waals surface area (Å²) < 4.78 is 33.8. The van der Waals surface area contributed by atoms with E-state index in [0.717, 1.165) is 64.2 Å². The molecule has 0 aliphatic rings. The van der Waals surface area contributed by atoms with Gasteiger partial charge in [-0.1, -0.05) is 134 Å². The van der Waals surface area contributed by atoms with E-state index < -0.39 is 32.5 Å². The number of phosphoric acid groups is 1. The normalized spacial score (nSPS) is 13.8. The number of allylic oxidation sites excluding steroid dienone is 4. The molecule has 0 saturated heterocycles. The van der Waals surface area contributed by atoms with Crippen molar-refractivity contribution in [2.45, 2.75) is 193 Å². The van der Waals surface area contributed by atoms with Crippen LogP contribution in [0.25, 0.3) is 0 Å². The van der Waals surface area contributed by atoms with Crippen LogP contribution in [0.2, 0.25) is 0 Å².